The second kappa shape index (κ2) is 6.06. The molecule has 0 bridgehead atoms. The lowest BCUT2D eigenvalue weighted by atomic mass is 10.0. The molecule has 1 N–H and O–H groups in total. The van der Waals surface area contributed by atoms with E-state index in [0.717, 1.165) is 37.3 Å². The summed E-state index contributed by atoms with van der Waals surface area (Å²) in [7, 11) is 0. The molecule has 0 spiro atoms. The minimum absolute atomic E-state index is 0.155. The molecule has 0 aliphatic carbocycles. The Morgan fingerprint density at radius 3 is 3.10 bits per heavy atom. The summed E-state index contributed by atoms with van der Waals surface area (Å²) in [5.74, 6) is 1.06. The monoisotopic (exact) mass is 268 g/mol. The topological polar surface area (TPSA) is 34.1 Å². The number of nitrogens with one attached hydrogen (secondary N) is 1. The van der Waals surface area contributed by atoms with E-state index in [4.69, 9.17) is 4.74 Å². The van der Waals surface area contributed by atoms with Crippen molar-refractivity contribution in [2.75, 3.05) is 13.2 Å². The van der Waals surface area contributed by atoms with Crippen molar-refractivity contribution in [2.24, 2.45) is 0 Å². The molecular formula is C17H20N2O. The maximum Gasteiger partial charge on any atom is 0.114 e. The van der Waals surface area contributed by atoms with E-state index in [1.807, 2.05) is 12.3 Å². The van der Waals surface area contributed by atoms with Gasteiger partial charge in [-0.15, -0.1) is 0 Å². The summed E-state index contributed by atoms with van der Waals surface area (Å²) in [6.07, 6.45) is 6.14. The third kappa shape index (κ3) is 2.68. The highest BCUT2D eigenvalue weighted by molar-refractivity contribution is 5.79. The third-order valence-electron chi connectivity index (χ3n) is 3.58. The van der Waals surface area contributed by atoms with Crippen LogP contribution in [0.4, 0.5) is 0 Å². The fourth-order valence-electron chi connectivity index (χ4n) is 2.58. The Hall–Kier alpha value is -1.87. The van der Waals surface area contributed by atoms with Crippen LogP contribution < -0.4 is 5.32 Å². The lowest BCUT2D eigenvalue weighted by Crippen LogP contribution is -2.24. The first-order chi connectivity index (χ1) is 9.88. The van der Waals surface area contributed by atoms with Gasteiger partial charge < -0.3 is 10.1 Å². The summed E-state index contributed by atoms with van der Waals surface area (Å²) in [4.78, 5) is 4.38. The Morgan fingerprint density at radius 2 is 2.30 bits per heavy atom. The number of nitrogens with zero attached hydrogens (tertiary/aromatic N) is 1. The van der Waals surface area contributed by atoms with Crippen molar-refractivity contribution in [1.82, 2.24) is 10.3 Å². The van der Waals surface area contributed by atoms with Crippen LogP contribution in [0.1, 0.15) is 31.4 Å². The van der Waals surface area contributed by atoms with Crippen LogP contribution in [-0.2, 0) is 4.74 Å². The van der Waals surface area contributed by atoms with Gasteiger partial charge in [-0.3, -0.25) is 4.98 Å². The molecular weight excluding hydrogens is 248 g/mol. The van der Waals surface area contributed by atoms with Gasteiger partial charge in [0.05, 0.1) is 18.2 Å². The fourth-order valence-corrected chi connectivity index (χ4v) is 2.58. The number of fused-ring (bicyclic) bond motifs is 1. The lowest BCUT2D eigenvalue weighted by Gasteiger charge is -2.20. The standard InChI is InChI=1S/C17H20N2O/c1-2-9-19-17(16-6-4-11-20-16)14-7-8-15-13(12-14)5-3-10-18-15/h3,5-8,10,12,17,19H,2,4,9,11H2,1H3. The number of ether oxygens (including phenoxy) is 1. The normalized spacial score (nSPS) is 15.9. The van der Waals surface area contributed by atoms with E-state index in [1.165, 1.54) is 10.9 Å². The van der Waals surface area contributed by atoms with Gasteiger partial charge in [0.15, 0.2) is 0 Å². The molecule has 104 valence electrons. The van der Waals surface area contributed by atoms with E-state index >= 15 is 0 Å². The third-order valence-corrected chi connectivity index (χ3v) is 3.58. The molecule has 20 heavy (non-hydrogen) atoms. The number of hydrogen-bond acceptors (Lipinski definition) is 3. The zero-order valence-corrected chi connectivity index (χ0v) is 11.8. The molecule has 1 aromatic carbocycles. The molecule has 2 aromatic rings. The van der Waals surface area contributed by atoms with Gasteiger partial charge in [0.1, 0.15) is 5.76 Å². The summed E-state index contributed by atoms with van der Waals surface area (Å²) in [5, 5.41) is 4.75. The van der Waals surface area contributed by atoms with Crippen LogP contribution in [0, 0.1) is 0 Å². The highest BCUT2D eigenvalue weighted by Gasteiger charge is 2.20. The van der Waals surface area contributed by atoms with Crippen LogP contribution in [0.3, 0.4) is 0 Å². The first-order valence-electron chi connectivity index (χ1n) is 7.29. The van der Waals surface area contributed by atoms with E-state index in [9.17, 15) is 0 Å². The second-order valence-electron chi connectivity index (χ2n) is 5.09. The van der Waals surface area contributed by atoms with Crippen LogP contribution in [0.5, 0.6) is 0 Å². The number of hydrogen-bond donors (Lipinski definition) is 1. The van der Waals surface area contributed by atoms with E-state index in [-0.39, 0.29) is 6.04 Å². The molecule has 1 atom stereocenters. The van der Waals surface area contributed by atoms with Crippen molar-refractivity contribution in [2.45, 2.75) is 25.8 Å². The maximum absolute atomic E-state index is 5.76. The van der Waals surface area contributed by atoms with Gasteiger partial charge in [-0.2, -0.15) is 0 Å². The molecule has 2 heterocycles. The van der Waals surface area contributed by atoms with Crippen molar-refractivity contribution in [3.05, 3.63) is 53.9 Å². The second-order valence-corrected chi connectivity index (χ2v) is 5.09. The lowest BCUT2D eigenvalue weighted by molar-refractivity contribution is 0.215. The summed E-state index contributed by atoms with van der Waals surface area (Å²) < 4.78 is 5.76. The number of rotatable bonds is 5. The molecule has 3 heteroatoms. The molecule has 1 aliphatic rings. The van der Waals surface area contributed by atoms with Crippen molar-refractivity contribution in [1.29, 1.82) is 0 Å². The molecule has 1 aliphatic heterocycles. The minimum Gasteiger partial charge on any atom is -0.496 e. The summed E-state index contributed by atoms with van der Waals surface area (Å²) in [6, 6.07) is 10.7. The molecule has 1 aromatic heterocycles. The van der Waals surface area contributed by atoms with Crippen LogP contribution >= 0.6 is 0 Å². The van der Waals surface area contributed by atoms with Gasteiger partial charge in [-0.25, -0.2) is 0 Å². The highest BCUT2D eigenvalue weighted by atomic mass is 16.5. The van der Waals surface area contributed by atoms with Gasteiger partial charge in [0, 0.05) is 18.0 Å². The fraction of sp³-hybridized carbons (Fsp3) is 0.353. The number of aromatic nitrogens is 1. The van der Waals surface area contributed by atoms with Gasteiger partial charge in [-0.05, 0) is 42.8 Å². The maximum atomic E-state index is 5.76. The van der Waals surface area contributed by atoms with E-state index in [0.29, 0.717) is 0 Å². The van der Waals surface area contributed by atoms with Crippen molar-refractivity contribution >= 4 is 10.9 Å². The van der Waals surface area contributed by atoms with Crippen LogP contribution in [0.2, 0.25) is 0 Å². The quantitative estimate of drug-likeness (QED) is 0.900. The van der Waals surface area contributed by atoms with Crippen molar-refractivity contribution in [3.63, 3.8) is 0 Å². The van der Waals surface area contributed by atoms with E-state index < -0.39 is 0 Å². The number of pyridine rings is 1. The molecule has 0 fully saturated rings. The molecule has 3 nitrogen and oxygen atoms in total. The van der Waals surface area contributed by atoms with Crippen LogP contribution in [0.15, 0.2) is 48.4 Å². The predicted octanol–water partition coefficient (Wildman–Crippen LogP) is 3.58. The van der Waals surface area contributed by atoms with Crippen LogP contribution in [0.25, 0.3) is 10.9 Å². The zero-order valence-electron chi connectivity index (χ0n) is 11.8. The van der Waals surface area contributed by atoms with E-state index in [2.05, 4.69) is 47.6 Å². The molecule has 1 unspecified atom stereocenters. The SMILES string of the molecule is CCCNC(C1=CCCO1)c1ccc2ncccc2c1. The van der Waals surface area contributed by atoms with Gasteiger partial charge in [0.25, 0.3) is 0 Å². The average Bonchev–Trinajstić information content (AvgIpc) is 3.02. The Balaban J connectivity index is 1.95. The van der Waals surface area contributed by atoms with Gasteiger partial charge >= 0.3 is 0 Å². The predicted molar refractivity (Wildman–Crippen MR) is 81.4 cm³/mol. The van der Waals surface area contributed by atoms with Crippen molar-refractivity contribution in [3.8, 4) is 0 Å². The molecule has 0 amide bonds. The number of benzene rings is 1. The molecule has 0 saturated carbocycles. The Labute approximate surface area is 119 Å². The average molecular weight is 268 g/mol. The minimum atomic E-state index is 0.155. The van der Waals surface area contributed by atoms with Gasteiger partial charge in [-0.1, -0.05) is 19.1 Å². The largest absolute Gasteiger partial charge is 0.496 e. The first-order valence-corrected chi connectivity index (χ1v) is 7.29. The Bertz CT molecular complexity index is 621. The van der Waals surface area contributed by atoms with Gasteiger partial charge in [0.2, 0.25) is 0 Å². The van der Waals surface area contributed by atoms with E-state index in [1.54, 1.807) is 0 Å². The summed E-state index contributed by atoms with van der Waals surface area (Å²) in [5.41, 5.74) is 2.28. The zero-order chi connectivity index (χ0) is 13.8. The smallest absolute Gasteiger partial charge is 0.114 e. The first kappa shape index (κ1) is 13.1. The summed E-state index contributed by atoms with van der Waals surface area (Å²) >= 11 is 0. The molecule has 0 saturated heterocycles. The Kier molecular flexibility index (Phi) is 3.97. The van der Waals surface area contributed by atoms with Crippen molar-refractivity contribution < 1.29 is 4.74 Å². The van der Waals surface area contributed by atoms with Crippen LogP contribution in [-0.4, -0.2) is 18.1 Å². The molecule has 3 rings (SSSR count). The Morgan fingerprint density at radius 1 is 1.35 bits per heavy atom. The highest BCUT2D eigenvalue weighted by Crippen LogP contribution is 2.28. The molecule has 0 radical (unpaired) electrons. The summed E-state index contributed by atoms with van der Waals surface area (Å²) in [6.45, 7) is 3.96.